The normalized spacial score (nSPS) is 21.8. The van der Waals surface area contributed by atoms with E-state index in [9.17, 15) is 9.90 Å². The van der Waals surface area contributed by atoms with Gasteiger partial charge in [0.15, 0.2) is 11.5 Å². The maximum absolute atomic E-state index is 11.3. The molecule has 1 aromatic rings. The van der Waals surface area contributed by atoms with Crippen molar-refractivity contribution in [2.75, 3.05) is 26.8 Å². The molecule has 1 aliphatic rings. The zero-order chi connectivity index (χ0) is 16.3. The van der Waals surface area contributed by atoms with Crippen LogP contribution in [0.15, 0.2) is 16.6 Å². The zero-order valence-corrected chi connectivity index (χ0v) is 14.8. The van der Waals surface area contributed by atoms with Crippen LogP contribution < -0.4 is 9.47 Å². The number of carboxylic acids is 1. The van der Waals surface area contributed by atoms with E-state index in [0.29, 0.717) is 37.6 Å². The molecule has 5 nitrogen and oxygen atoms in total. The molecule has 0 aliphatic carbocycles. The van der Waals surface area contributed by atoms with Gasteiger partial charge in [-0.1, -0.05) is 0 Å². The predicted octanol–water partition coefficient (Wildman–Crippen LogP) is 3.15. The zero-order valence-electron chi connectivity index (χ0n) is 13.2. The van der Waals surface area contributed by atoms with Crippen molar-refractivity contribution < 1.29 is 19.4 Å². The van der Waals surface area contributed by atoms with Crippen molar-refractivity contribution in [3.8, 4) is 11.5 Å². The van der Waals surface area contributed by atoms with Crippen molar-refractivity contribution in [2.24, 2.45) is 5.41 Å². The van der Waals surface area contributed by atoms with Crippen molar-refractivity contribution in [2.45, 2.75) is 26.8 Å². The summed E-state index contributed by atoms with van der Waals surface area (Å²) in [4.78, 5) is 13.5. The first-order chi connectivity index (χ1) is 10.4. The molecule has 2 rings (SSSR count). The van der Waals surface area contributed by atoms with Crippen molar-refractivity contribution in [3.63, 3.8) is 0 Å². The number of benzene rings is 1. The third-order valence-electron chi connectivity index (χ3n) is 4.05. The van der Waals surface area contributed by atoms with Crippen LogP contribution in [0.1, 0.15) is 25.8 Å². The highest BCUT2D eigenvalue weighted by molar-refractivity contribution is 9.10. The number of hydrogen-bond donors (Lipinski definition) is 1. The van der Waals surface area contributed by atoms with E-state index >= 15 is 0 Å². The van der Waals surface area contributed by atoms with Gasteiger partial charge in [0.25, 0.3) is 0 Å². The van der Waals surface area contributed by atoms with Crippen LogP contribution in [0.4, 0.5) is 0 Å². The SMILES string of the molecule is CCOc1c(Br)cc(CN2CCC(C)(C(=O)O)C2)cc1OC. The van der Waals surface area contributed by atoms with Gasteiger partial charge in [-0.15, -0.1) is 0 Å². The Morgan fingerprint density at radius 1 is 1.50 bits per heavy atom. The maximum Gasteiger partial charge on any atom is 0.310 e. The lowest BCUT2D eigenvalue weighted by Gasteiger charge is -2.21. The van der Waals surface area contributed by atoms with Gasteiger partial charge in [0.2, 0.25) is 0 Å². The smallest absolute Gasteiger partial charge is 0.310 e. The number of halogens is 1. The van der Waals surface area contributed by atoms with Crippen molar-refractivity contribution in [3.05, 3.63) is 22.2 Å². The highest BCUT2D eigenvalue weighted by Crippen LogP contribution is 2.38. The van der Waals surface area contributed by atoms with Gasteiger partial charge in [0.1, 0.15) is 0 Å². The van der Waals surface area contributed by atoms with Crippen LogP contribution in [0.3, 0.4) is 0 Å². The minimum absolute atomic E-state index is 0.565. The Hall–Kier alpha value is -1.27. The van der Waals surface area contributed by atoms with Gasteiger partial charge < -0.3 is 14.6 Å². The number of hydrogen-bond acceptors (Lipinski definition) is 4. The molecule has 6 heteroatoms. The van der Waals surface area contributed by atoms with E-state index < -0.39 is 11.4 Å². The van der Waals surface area contributed by atoms with Gasteiger partial charge in [0, 0.05) is 13.1 Å². The molecule has 1 fully saturated rings. The minimum atomic E-state index is -0.722. The lowest BCUT2D eigenvalue weighted by atomic mass is 9.90. The topological polar surface area (TPSA) is 59.0 Å². The molecular formula is C16H22BrNO4. The average Bonchev–Trinajstić information content (AvgIpc) is 2.84. The predicted molar refractivity (Wildman–Crippen MR) is 87.5 cm³/mol. The van der Waals surface area contributed by atoms with E-state index in [1.165, 1.54) is 0 Å². The maximum atomic E-state index is 11.3. The number of carboxylic acid groups (broad SMARTS) is 1. The number of methoxy groups -OCH3 is 1. The summed E-state index contributed by atoms with van der Waals surface area (Å²) in [5, 5.41) is 9.31. The van der Waals surface area contributed by atoms with E-state index in [-0.39, 0.29) is 0 Å². The van der Waals surface area contributed by atoms with Gasteiger partial charge in [-0.3, -0.25) is 9.69 Å². The summed E-state index contributed by atoms with van der Waals surface area (Å²) in [6.07, 6.45) is 0.678. The van der Waals surface area contributed by atoms with E-state index in [1.807, 2.05) is 26.0 Å². The van der Waals surface area contributed by atoms with Crippen molar-refractivity contribution in [1.82, 2.24) is 4.90 Å². The van der Waals surface area contributed by atoms with Crippen LogP contribution in [0.2, 0.25) is 0 Å². The molecule has 0 aromatic heterocycles. The van der Waals surface area contributed by atoms with E-state index in [2.05, 4.69) is 20.8 Å². The lowest BCUT2D eigenvalue weighted by Crippen LogP contribution is -2.31. The third kappa shape index (κ3) is 3.55. The number of carbonyl (C=O) groups is 1. The number of rotatable bonds is 6. The molecule has 0 radical (unpaired) electrons. The molecule has 0 amide bonds. The van der Waals surface area contributed by atoms with Gasteiger partial charge in [0.05, 0.1) is 23.6 Å². The molecule has 122 valence electrons. The van der Waals surface area contributed by atoms with Crippen LogP contribution in [0, 0.1) is 5.41 Å². The Balaban J connectivity index is 2.14. The molecule has 1 saturated heterocycles. The highest BCUT2D eigenvalue weighted by Gasteiger charge is 2.40. The second-order valence-electron chi connectivity index (χ2n) is 5.87. The van der Waals surface area contributed by atoms with E-state index in [0.717, 1.165) is 16.6 Å². The molecule has 1 aromatic carbocycles. The average molecular weight is 372 g/mol. The number of likely N-dealkylation sites (tertiary alicyclic amines) is 1. The molecule has 0 bridgehead atoms. The molecule has 22 heavy (non-hydrogen) atoms. The Kier molecular flexibility index (Phi) is 5.34. The van der Waals surface area contributed by atoms with Gasteiger partial charge in [-0.25, -0.2) is 0 Å². The second kappa shape index (κ2) is 6.87. The number of ether oxygens (including phenoxy) is 2. The first-order valence-electron chi connectivity index (χ1n) is 7.34. The molecule has 1 atom stereocenters. The van der Waals surface area contributed by atoms with Crippen LogP contribution in [0.5, 0.6) is 11.5 Å². The number of nitrogens with zero attached hydrogens (tertiary/aromatic N) is 1. The summed E-state index contributed by atoms with van der Waals surface area (Å²) >= 11 is 3.52. The van der Waals surface area contributed by atoms with Crippen LogP contribution in [0.25, 0.3) is 0 Å². The molecule has 0 spiro atoms. The molecule has 0 saturated carbocycles. The monoisotopic (exact) mass is 371 g/mol. The van der Waals surface area contributed by atoms with E-state index in [1.54, 1.807) is 7.11 Å². The fourth-order valence-electron chi connectivity index (χ4n) is 2.77. The largest absolute Gasteiger partial charge is 0.493 e. The van der Waals surface area contributed by atoms with Gasteiger partial charge >= 0.3 is 5.97 Å². The quantitative estimate of drug-likeness (QED) is 0.832. The lowest BCUT2D eigenvalue weighted by molar-refractivity contribution is -0.147. The molecular weight excluding hydrogens is 350 g/mol. The molecule has 1 aliphatic heterocycles. The summed E-state index contributed by atoms with van der Waals surface area (Å²) < 4.78 is 11.8. The summed E-state index contributed by atoms with van der Waals surface area (Å²) in [7, 11) is 1.62. The Morgan fingerprint density at radius 2 is 2.23 bits per heavy atom. The second-order valence-corrected chi connectivity index (χ2v) is 6.72. The van der Waals surface area contributed by atoms with Crippen molar-refractivity contribution in [1.29, 1.82) is 0 Å². The Morgan fingerprint density at radius 3 is 2.77 bits per heavy atom. The fourth-order valence-corrected chi connectivity index (χ4v) is 3.38. The van der Waals surface area contributed by atoms with Crippen molar-refractivity contribution >= 4 is 21.9 Å². The van der Waals surface area contributed by atoms with Gasteiger partial charge in [-0.05, 0) is 60.4 Å². The minimum Gasteiger partial charge on any atom is -0.493 e. The summed E-state index contributed by atoms with van der Waals surface area (Å²) in [5.41, 5.74) is 0.425. The molecule has 1 heterocycles. The summed E-state index contributed by atoms with van der Waals surface area (Å²) in [6.45, 7) is 6.35. The van der Waals surface area contributed by atoms with Crippen LogP contribution in [-0.4, -0.2) is 42.8 Å². The molecule has 1 N–H and O–H groups in total. The Bertz CT molecular complexity index is 563. The van der Waals surface area contributed by atoms with Crippen LogP contribution >= 0.6 is 15.9 Å². The Labute approximate surface area is 139 Å². The third-order valence-corrected chi connectivity index (χ3v) is 4.64. The van der Waals surface area contributed by atoms with Gasteiger partial charge in [-0.2, -0.15) is 0 Å². The standard InChI is InChI=1S/C16H22BrNO4/c1-4-22-14-12(17)7-11(8-13(14)21-3)9-18-6-5-16(2,10-18)15(19)20/h7-8H,4-6,9-10H2,1-3H3,(H,19,20). The first-order valence-corrected chi connectivity index (χ1v) is 8.14. The fraction of sp³-hybridized carbons (Fsp3) is 0.562. The highest BCUT2D eigenvalue weighted by atomic mass is 79.9. The first kappa shape index (κ1) is 17.1. The summed E-state index contributed by atoms with van der Waals surface area (Å²) in [5.74, 6) is 0.664. The van der Waals surface area contributed by atoms with Crippen LogP contribution in [-0.2, 0) is 11.3 Å². The van der Waals surface area contributed by atoms with E-state index in [4.69, 9.17) is 9.47 Å². The molecule has 1 unspecified atom stereocenters. The number of aliphatic carboxylic acids is 1. The summed E-state index contributed by atoms with van der Waals surface area (Å²) in [6, 6.07) is 3.95.